The van der Waals surface area contributed by atoms with Gasteiger partial charge in [-0.1, -0.05) is 36.9 Å². The summed E-state index contributed by atoms with van der Waals surface area (Å²) in [4.78, 5) is 30.9. The summed E-state index contributed by atoms with van der Waals surface area (Å²) < 4.78 is 0. The lowest BCUT2D eigenvalue weighted by molar-refractivity contribution is -0.142. The van der Waals surface area contributed by atoms with Gasteiger partial charge in [0.25, 0.3) is 0 Å². The van der Waals surface area contributed by atoms with Crippen molar-refractivity contribution in [1.29, 1.82) is 0 Å². The Morgan fingerprint density at radius 1 is 1.04 bits per heavy atom. The molecule has 1 fully saturated rings. The van der Waals surface area contributed by atoms with Gasteiger partial charge in [-0.05, 0) is 47.9 Å². The lowest BCUT2D eigenvalue weighted by Crippen LogP contribution is -2.54. The summed E-state index contributed by atoms with van der Waals surface area (Å²) in [5, 5.41) is 2.12. The van der Waals surface area contributed by atoms with Crippen LogP contribution in [0.5, 0.6) is 0 Å². The van der Waals surface area contributed by atoms with Crippen LogP contribution >= 0.6 is 11.3 Å². The van der Waals surface area contributed by atoms with Gasteiger partial charge in [0, 0.05) is 24.5 Å². The molecule has 2 aromatic rings. The molecule has 0 spiro atoms. The second kappa shape index (κ2) is 7.31. The molecule has 5 heteroatoms. The maximum atomic E-state index is 13.8. The Kier molecular flexibility index (Phi) is 4.87. The molecule has 2 aliphatic heterocycles. The van der Waals surface area contributed by atoms with Crippen LogP contribution in [0.25, 0.3) is 0 Å². The molecule has 4 nitrogen and oxygen atoms in total. The molecule has 0 N–H and O–H groups in total. The molecular formula is C22H24N2O2S. The van der Waals surface area contributed by atoms with Gasteiger partial charge in [0.2, 0.25) is 11.8 Å². The third-order valence-corrected chi connectivity index (χ3v) is 6.90. The average molecular weight is 381 g/mol. The fourth-order valence-corrected chi connectivity index (χ4v) is 5.28. The Hall–Kier alpha value is -2.40. The number of fused-ring (bicyclic) bond motifs is 1. The zero-order valence-electron chi connectivity index (χ0n) is 15.4. The first-order chi connectivity index (χ1) is 13.1. The second-order valence-electron chi connectivity index (χ2n) is 7.32. The molecule has 0 saturated carbocycles. The van der Waals surface area contributed by atoms with Crippen molar-refractivity contribution in [3.8, 4) is 0 Å². The number of hydrogen-bond acceptors (Lipinski definition) is 3. The van der Waals surface area contributed by atoms with E-state index in [0.29, 0.717) is 32.5 Å². The summed E-state index contributed by atoms with van der Waals surface area (Å²) >= 11 is 1.74. The van der Waals surface area contributed by atoms with Crippen LogP contribution in [0.15, 0.2) is 54.4 Å². The molecule has 2 amide bonds. The highest BCUT2D eigenvalue weighted by atomic mass is 32.1. The number of rotatable bonds is 3. The first-order valence-electron chi connectivity index (χ1n) is 9.45. The van der Waals surface area contributed by atoms with Gasteiger partial charge in [-0.3, -0.25) is 9.59 Å². The fourth-order valence-electron chi connectivity index (χ4n) is 4.33. The molecule has 0 radical (unpaired) electrons. The standard InChI is InChI=1S/C22H24N2O2S/c1-2-20(25)23-13-10-22(11-14-23,18-6-4-3-5-7-18)21(26)24-12-8-17-9-15-27-19(17)16-24/h2-7,9,15H,1,8,10-14,16H2. The summed E-state index contributed by atoms with van der Waals surface area (Å²) in [5.41, 5.74) is 1.90. The average Bonchev–Trinajstić information content (AvgIpc) is 3.21. The van der Waals surface area contributed by atoms with Gasteiger partial charge in [-0.25, -0.2) is 0 Å². The van der Waals surface area contributed by atoms with Gasteiger partial charge in [-0.2, -0.15) is 0 Å². The van der Waals surface area contributed by atoms with Crippen LogP contribution < -0.4 is 0 Å². The van der Waals surface area contributed by atoms with Gasteiger partial charge in [-0.15, -0.1) is 11.3 Å². The van der Waals surface area contributed by atoms with Crippen LogP contribution in [-0.2, 0) is 28.0 Å². The van der Waals surface area contributed by atoms with E-state index in [1.165, 1.54) is 16.5 Å². The van der Waals surface area contributed by atoms with E-state index in [1.54, 1.807) is 16.2 Å². The van der Waals surface area contributed by atoms with Crippen molar-refractivity contribution < 1.29 is 9.59 Å². The lowest BCUT2D eigenvalue weighted by atomic mass is 9.71. The Balaban J connectivity index is 1.62. The zero-order chi connectivity index (χ0) is 18.9. The maximum absolute atomic E-state index is 13.8. The molecule has 2 aliphatic rings. The molecule has 27 heavy (non-hydrogen) atoms. The second-order valence-corrected chi connectivity index (χ2v) is 8.32. The van der Waals surface area contributed by atoms with Gasteiger partial charge < -0.3 is 9.80 Å². The number of thiophene rings is 1. The maximum Gasteiger partial charge on any atom is 0.245 e. The summed E-state index contributed by atoms with van der Waals surface area (Å²) in [6.07, 6.45) is 3.60. The molecule has 4 rings (SSSR count). The van der Waals surface area contributed by atoms with Crippen LogP contribution in [0.3, 0.4) is 0 Å². The van der Waals surface area contributed by atoms with E-state index < -0.39 is 5.41 Å². The SMILES string of the molecule is C=CC(=O)N1CCC(C(=O)N2CCc3ccsc3C2)(c2ccccc2)CC1. The number of likely N-dealkylation sites (tertiary alicyclic amines) is 1. The molecule has 140 valence electrons. The predicted octanol–water partition coefficient (Wildman–Crippen LogP) is 3.38. The molecule has 1 saturated heterocycles. The quantitative estimate of drug-likeness (QED) is 0.766. The summed E-state index contributed by atoms with van der Waals surface area (Å²) in [6, 6.07) is 12.3. The Bertz CT molecular complexity index is 850. The van der Waals surface area contributed by atoms with E-state index in [0.717, 1.165) is 18.5 Å². The van der Waals surface area contributed by atoms with E-state index in [1.807, 2.05) is 23.1 Å². The number of carbonyl (C=O) groups is 2. The molecule has 1 aromatic carbocycles. The van der Waals surface area contributed by atoms with Gasteiger partial charge in [0.1, 0.15) is 0 Å². The summed E-state index contributed by atoms with van der Waals surface area (Å²) in [7, 11) is 0. The minimum absolute atomic E-state index is 0.0506. The van der Waals surface area contributed by atoms with E-state index in [9.17, 15) is 9.59 Å². The normalized spacial score (nSPS) is 18.7. The van der Waals surface area contributed by atoms with Crippen molar-refractivity contribution in [3.05, 3.63) is 70.4 Å². The molecule has 0 unspecified atom stereocenters. The largest absolute Gasteiger partial charge is 0.339 e. The number of benzene rings is 1. The highest BCUT2D eigenvalue weighted by molar-refractivity contribution is 7.10. The van der Waals surface area contributed by atoms with Crippen LogP contribution in [-0.4, -0.2) is 41.2 Å². The van der Waals surface area contributed by atoms with Gasteiger partial charge in [0.15, 0.2) is 0 Å². The molecule has 1 aromatic heterocycles. The molecule has 3 heterocycles. The van der Waals surface area contributed by atoms with Crippen molar-refractivity contribution in [2.75, 3.05) is 19.6 Å². The van der Waals surface area contributed by atoms with Crippen LogP contribution in [0.2, 0.25) is 0 Å². The van der Waals surface area contributed by atoms with E-state index in [4.69, 9.17) is 0 Å². The minimum Gasteiger partial charge on any atom is -0.339 e. The van der Waals surface area contributed by atoms with E-state index in [-0.39, 0.29) is 11.8 Å². The van der Waals surface area contributed by atoms with Crippen LogP contribution in [0.1, 0.15) is 28.8 Å². The number of nitrogens with zero attached hydrogens (tertiary/aromatic N) is 2. The number of amides is 2. The predicted molar refractivity (Wildman–Crippen MR) is 108 cm³/mol. The van der Waals surface area contributed by atoms with Crippen LogP contribution in [0.4, 0.5) is 0 Å². The highest BCUT2D eigenvalue weighted by Crippen LogP contribution is 2.39. The molecule has 0 bridgehead atoms. The first kappa shape index (κ1) is 18.0. The smallest absolute Gasteiger partial charge is 0.245 e. The summed E-state index contributed by atoms with van der Waals surface area (Å²) in [6.45, 7) is 6.24. The molecular weight excluding hydrogens is 356 g/mol. The van der Waals surface area contributed by atoms with Crippen molar-refractivity contribution in [1.82, 2.24) is 9.80 Å². The number of hydrogen-bond donors (Lipinski definition) is 0. The lowest BCUT2D eigenvalue weighted by Gasteiger charge is -2.44. The highest BCUT2D eigenvalue weighted by Gasteiger charge is 2.46. The van der Waals surface area contributed by atoms with E-state index in [2.05, 4.69) is 30.2 Å². The topological polar surface area (TPSA) is 40.6 Å². The Labute approximate surface area is 164 Å². The minimum atomic E-state index is -0.548. The third-order valence-electron chi connectivity index (χ3n) is 5.95. The summed E-state index contributed by atoms with van der Waals surface area (Å²) in [5.74, 6) is 0.156. The van der Waals surface area contributed by atoms with Crippen molar-refractivity contribution >= 4 is 23.2 Å². The van der Waals surface area contributed by atoms with Crippen molar-refractivity contribution in [2.45, 2.75) is 31.2 Å². The van der Waals surface area contributed by atoms with E-state index >= 15 is 0 Å². The fraction of sp³-hybridized carbons (Fsp3) is 0.364. The monoisotopic (exact) mass is 380 g/mol. The molecule has 0 aliphatic carbocycles. The van der Waals surface area contributed by atoms with Crippen molar-refractivity contribution in [2.24, 2.45) is 0 Å². The van der Waals surface area contributed by atoms with Gasteiger partial charge in [0.05, 0.1) is 12.0 Å². The third kappa shape index (κ3) is 3.21. The van der Waals surface area contributed by atoms with Gasteiger partial charge >= 0.3 is 0 Å². The molecule has 0 atom stereocenters. The Morgan fingerprint density at radius 3 is 2.48 bits per heavy atom. The van der Waals surface area contributed by atoms with Crippen molar-refractivity contribution in [3.63, 3.8) is 0 Å². The van der Waals surface area contributed by atoms with Crippen LogP contribution in [0, 0.1) is 0 Å². The Morgan fingerprint density at radius 2 is 1.78 bits per heavy atom. The number of piperidine rings is 1. The number of carbonyl (C=O) groups excluding carboxylic acids is 2. The zero-order valence-corrected chi connectivity index (χ0v) is 16.2. The first-order valence-corrected chi connectivity index (χ1v) is 10.3.